The van der Waals surface area contributed by atoms with Gasteiger partial charge in [0, 0.05) is 16.9 Å². The van der Waals surface area contributed by atoms with E-state index in [4.69, 9.17) is 0 Å². The Morgan fingerprint density at radius 1 is 1.50 bits per heavy atom. The normalized spacial score (nSPS) is 11.6. The van der Waals surface area contributed by atoms with Crippen LogP contribution in [0.4, 0.5) is 0 Å². The number of halogens is 1. The summed E-state index contributed by atoms with van der Waals surface area (Å²) in [7, 11) is 1.96. The molecule has 0 saturated carbocycles. The van der Waals surface area contributed by atoms with E-state index in [0.717, 1.165) is 10.9 Å². The summed E-state index contributed by atoms with van der Waals surface area (Å²) in [6, 6.07) is 8.63. The van der Waals surface area contributed by atoms with Crippen molar-refractivity contribution in [2.75, 3.05) is 7.05 Å². The predicted molar refractivity (Wildman–Crippen MR) is 64.0 cm³/mol. The smallest absolute Gasteiger partial charge is 0.0428 e. The van der Waals surface area contributed by atoms with Crippen molar-refractivity contribution in [2.24, 2.45) is 0 Å². The third kappa shape index (κ3) is 3.17. The van der Waals surface area contributed by atoms with Gasteiger partial charge in [0.15, 0.2) is 0 Å². The van der Waals surface area contributed by atoms with E-state index in [2.05, 4.69) is 45.2 Å². The Bertz CT molecular complexity index is 349. The van der Waals surface area contributed by atoms with E-state index in [1.165, 1.54) is 5.56 Å². The minimum Gasteiger partial charge on any atom is -0.312 e. The van der Waals surface area contributed by atoms with Gasteiger partial charge in [-0.3, -0.25) is 0 Å². The van der Waals surface area contributed by atoms with Gasteiger partial charge < -0.3 is 5.32 Å². The first-order chi connectivity index (χ1) is 6.77. The highest BCUT2D eigenvalue weighted by Gasteiger charge is 2.06. The molecule has 1 unspecified atom stereocenters. The van der Waals surface area contributed by atoms with E-state index in [1.54, 1.807) is 0 Å². The number of benzene rings is 1. The van der Waals surface area contributed by atoms with Gasteiger partial charge in [-0.2, -0.15) is 0 Å². The first-order valence-corrected chi connectivity index (χ1v) is 5.39. The molecule has 0 aliphatic rings. The Balaban J connectivity index is 2.81. The Kier molecular flexibility index (Phi) is 4.72. The molecule has 0 heterocycles. The minimum atomic E-state index is 0.319. The highest BCUT2D eigenvalue weighted by Crippen LogP contribution is 2.19. The maximum Gasteiger partial charge on any atom is 0.0428 e. The molecule has 1 nitrogen and oxygen atoms in total. The molecule has 0 aliphatic carbocycles. The van der Waals surface area contributed by atoms with Gasteiger partial charge in [-0.05, 0) is 31.7 Å². The molecule has 1 N–H and O–H groups in total. The zero-order valence-electron chi connectivity index (χ0n) is 8.47. The van der Waals surface area contributed by atoms with Crippen molar-refractivity contribution in [3.05, 3.63) is 34.3 Å². The number of hydrogen-bond donors (Lipinski definition) is 1. The van der Waals surface area contributed by atoms with E-state index in [9.17, 15) is 0 Å². The van der Waals surface area contributed by atoms with Crippen LogP contribution in [0.3, 0.4) is 0 Å². The van der Waals surface area contributed by atoms with E-state index in [1.807, 2.05) is 26.1 Å². The first-order valence-electron chi connectivity index (χ1n) is 4.60. The van der Waals surface area contributed by atoms with Crippen LogP contribution in [0.25, 0.3) is 0 Å². The SMILES string of the molecule is CC#CCC(NC)c1cccc(Br)c1. The third-order valence-electron chi connectivity index (χ3n) is 2.08. The quantitative estimate of drug-likeness (QED) is 0.815. The van der Waals surface area contributed by atoms with Crippen LogP contribution in [0.15, 0.2) is 28.7 Å². The molecule has 0 amide bonds. The lowest BCUT2D eigenvalue weighted by Gasteiger charge is -2.13. The fourth-order valence-corrected chi connectivity index (χ4v) is 1.73. The van der Waals surface area contributed by atoms with Crippen molar-refractivity contribution < 1.29 is 0 Å². The highest BCUT2D eigenvalue weighted by atomic mass is 79.9. The standard InChI is InChI=1S/C12H14BrN/c1-3-4-8-12(14-2)10-6-5-7-11(13)9-10/h5-7,9,12,14H,8H2,1-2H3. The second-order valence-electron chi connectivity index (χ2n) is 3.03. The van der Waals surface area contributed by atoms with Crippen molar-refractivity contribution >= 4 is 15.9 Å². The molecule has 1 aromatic carbocycles. The third-order valence-corrected chi connectivity index (χ3v) is 2.58. The average molecular weight is 252 g/mol. The molecule has 0 bridgehead atoms. The fourth-order valence-electron chi connectivity index (χ4n) is 1.31. The maximum absolute atomic E-state index is 3.46. The molecule has 14 heavy (non-hydrogen) atoms. The van der Waals surface area contributed by atoms with Gasteiger partial charge in [0.25, 0.3) is 0 Å². The van der Waals surface area contributed by atoms with E-state index >= 15 is 0 Å². The van der Waals surface area contributed by atoms with Crippen LogP contribution in [0.1, 0.15) is 24.9 Å². The highest BCUT2D eigenvalue weighted by molar-refractivity contribution is 9.10. The monoisotopic (exact) mass is 251 g/mol. The number of nitrogens with one attached hydrogen (secondary N) is 1. The average Bonchev–Trinajstić information content (AvgIpc) is 2.19. The maximum atomic E-state index is 3.46. The number of hydrogen-bond acceptors (Lipinski definition) is 1. The zero-order valence-corrected chi connectivity index (χ0v) is 10.1. The van der Waals surface area contributed by atoms with Crippen molar-refractivity contribution in [1.29, 1.82) is 0 Å². The molecule has 1 atom stereocenters. The van der Waals surface area contributed by atoms with Crippen molar-refractivity contribution in [1.82, 2.24) is 5.32 Å². The van der Waals surface area contributed by atoms with Gasteiger partial charge in [-0.1, -0.05) is 28.1 Å². The molecular weight excluding hydrogens is 238 g/mol. The molecule has 0 saturated heterocycles. The van der Waals surface area contributed by atoms with Gasteiger partial charge in [0.2, 0.25) is 0 Å². The summed E-state index contributed by atoms with van der Waals surface area (Å²) >= 11 is 3.46. The van der Waals surface area contributed by atoms with Gasteiger partial charge in [-0.25, -0.2) is 0 Å². The van der Waals surface area contributed by atoms with Crippen LogP contribution < -0.4 is 5.32 Å². The molecule has 0 spiro atoms. The van der Waals surface area contributed by atoms with Gasteiger partial charge in [-0.15, -0.1) is 11.8 Å². The van der Waals surface area contributed by atoms with Crippen molar-refractivity contribution in [3.63, 3.8) is 0 Å². The van der Waals surface area contributed by atoms with Gasteiger partial charge >= 0.3 is 0 Å². The van der Waals surface area contributed by atoms with Gasteiger partial charge in [0.1, 0.15) is 0 Å². The second kappa shape index (κ2) is 5.85. The molecule has 1 rings (SSSR count). The largest absolute Gasteiger partial charge is 0.312 e. The molecule has 2 heteroatoms. The summed E-state index contributed by atoms with van der Waals surface area (Å²) in [5, 5.41) is 3.26. The molecule has 0 radical (unpaired) electrons. The zero-order chi connectivity index (χ0) is 10.4. The summed E-state index contributed by atoms with van der Waals surface area (Å²) in [6.45, 7) is 1.87. The second-order valence-corrected chi connectivity index (χ2v) is 3.94. The Labute approximate surface area is 94.0 Å². The van der Waals surface area contributed by atoms with Crippen molar-refractivity contribution in [3.8, 4) is 11.8 Å². The van der Waals surface area contributed by atoms with E-state index in [-0.39, 0.29) is 0 Å². The van der Waals surface area contributed by atoms with Crippen LogP contribution in [0.2, 0.25) is 0 Å². The summed E-state index contributed by atoms with van der Waals surface area (Å²) in [5.41, 5.74) is 1.27. The summed E-state index contributed by atoms with van der Waals surface area (Å²) < 4.78 is 1.11. The van der Waals surface area contributed by atoms with Gasteiger partial charge in [0.05, 0.1) is 0 Å². The lowest BCUT2D eigenvalue weighted by atomic mass is 10.0. The Morgan fingerprint density at radius 2 is 2.29 bits per heavy atom. The van der Waals surface area contributed by atoms with E-state index in [0.29, 0.717) is 6.04 Å². The number of rotatable bonds is 3. The van der Waals surface area contributed by atoms with Crippen LogP contribution in [0.5, 0.6) is 0 Å². The topological polar surface area (TPSA) is 12.0 Å². The van der Waals surface area contributed by atoms with E-state index < -0.39 is 0 Å². The summed E-state index contributed by atoms with van der Waals surface area (Å²) in [4.78, 5) is 0. The molecule has 74 valence electrons. The Morgan fingerprint density at radius 3 is 2.86 bits per heavy atom. The van der Waals surface area contributed by atoms with Crippen LogP contribution in [0, 0.1) is 11.8 Å². The van der Waals surface area contributed by atoms with Crippen LogP contribution in [-0.2, 0) is 0 Å². The lowest BCUT2D eigenvalue weighted by Crippen LogP contribution is -2.15. The minimum absolute atomic E-state index is 0.319. The fraction of sp³-hybridized carbons (Fsp3) is 0.333. The molecule has 0 aromatic heterocycles. The Hall–Kier alpha value is -0.780. The molecular formula is C12H14BrN. The molecule has 0 aliphatic heterocycles. The first kappa shape index (κ1) is 11.3. The molecule has 1 aromatic rings. The summed E-state index contributed by atoms with van der Waals surface area (Å²) in [5.74, 6) is 6.00. The van der Waals surface area contributed by atoms with Crippen LogP contribution in [-0.4, -0.2) is 7.05 Å². The predicted octanol–water partition coefficient (Wildman–Crippen LogP) is 3.12. The summed E-state index contributed by atoms with van der Waals surface area (Å²) in [6.07, 6.45) is 0.851. The molecule has 0 fully saturated rings. The van der Waals surface area contributed by atoms with Crippen molar-refractivity contribution in [2.45, 2.75) is 19.4 Å². The van der Waals surface area contributed by atoms with Crippen LogP contribution >= 0.6 is 15.9 Å². The lowest BCUT2D eigenvalue weighted by molar-refractivity contribution is 0.611.